The highest BCUT2D eigenvalue weighted by atomic mass is 32.2. The van der Waals surface area contributed by atoms with E-state index in [1.807, 2.05) is 12.1 Å². The topological polar surface area (TPSA) is 113 Å². The van der Waals surface area contributed by atoms with E-state index in [-0.39, 0.29) is 27.6 Å². The molecule has 0 aliphatic carbocycles. The number of hydrogen-bond donors (Lipinski definition) is 3. The van der Waals surface area contributed by atoms with Crippen LogP contribution in [0.25, 0.3) is 32.7 Å². The lowest BCUT2D eigenvalue weighted by Gasteiger charge is -2.19. The van der Waals surface area contributed by atoms with Gasteiger partial charge < -0.3 is 14.5 Å². The van der Waals surface area contributed by atoms with Crippen molar-refractivity contribution in [2.45, 2.75) is 4.90 Å². The number of hydrogen-bond acceptors (Lipinski definition) is 5. The van der Waals surface area contributed by atoms with Gasteiger partial charge >= 0.3 is 7.60 Å². The zero-order valence-electron chi connectivity index (χ0n) is 19.1. The summed E-state index contributed by atoms with van der Waals surface area (Å²) in [6.45, 7) is 1.08. The van der Waals surface area contributed by atoms with Crippen molar-refractivity contribution in [2.24, 2.45) is 0 Å². The summed E-state index contributed by atoms with van der Waals surface area (Å²) in [6.07, 6.45) is 0. The second-order valence-corrected chi connectivity index (χ2v) is 11.8. The number of anilines is 1. The molecule has 0 aromatic heterocycles. The Morgan fingerprint density at radius 3 is 2.11 bits per heavy atom. The summed E-state index contributed by atoms with van der Waals surface area (Å²) in [6, 6.07) is 27.0. The molecule has 0 aliphatic heterocycles. The summed E-state index contributed by atoms with van der Waals surface area (Å²) in [4.78, 5) is 10.1. The molecule has 0 bridgehead atoms. The summed E-state index contributed by atoms with van der Waals surface area (Å²) in [7, 11) is -7.90. The molecule has 0 amide bonds. The lowest BCUT2D eigenvalue weighted by molar-refractivity contribution is 0.388. The van der Waals surface area contributed by atoms with Gasteiger partial charge in [-0.15, -0.1) is 0 Å². The summed E-state index contributed by atoms with van der Waals surface area (Å²) in [5.74, 6) is -0.0252. The van der Waals surface area contributed by atoms with Crippen LogP contribution in [-0.4, -0.2) is 25.1 Å². The van der Waals surface area contributed by atoms with Crippen molar-refractivity contribution in [3.05, 3.63) is 97.1 Å². The number of phenolic OH excluding ortho intramolecular Hbond substituents is 1. The van der Waals surface area contributed by atoms with Crippen LogP contribution in [0.1, 0.15) is 0 Å². The van der Waals surface area contributed by atoms with Crippen LogP contribution in [0.4, 0.5) is 5.69 Å². The summed E-state index contributed by atoms with van der Waals surface area (Å²) < 4.78 is 46.6. The molecule has 1 atom stereocenters. The summed E-state index contributed by atoms with van der Waals surface area (Å²) >= 11 is 0. The van der Waals surface area contributed by atoms with E-state index in [1.54, 1.807) is 66.7 Å². The van der Waals surface area contributed by atoms with Crippen LogP contribution in [0.15, 0.2) is 102 Å². The lowest BCUT2D eigenvalue weighted by Crippen LogP contribution is -2.13. The summed E-state index contributed by atoms with van der Waals surface area (Å²) in [5.41, 5.74) is 0.858. The van der Waals surface area contributed by atoms with Crippen LogP contribution < -0.4 is 9.25 Å². The van der Waals surface area contributed by atoms with Gasteiger partial charge in [0.2, 0.25) is 0 Å². The third kappa shape index (κ3) is 4.54. The van der Waals surface area contributed by atoms with Gasteiger partial charge in [0.1, 0.15) is 11.5 Å². The quantitative estimate of drug-likeness (QED) is 0.178. The van der Waals surface area contributed by atoms with Crippen LogP contribution in [0, 0.1) is 0 Å². The molecule has 0 heterocycles. The minimum absolute atomic E-state index is 0.0875. The van der Waals surface area contributed by atoms with Crippen molar-refractivity contribution < 1.29 is 27.5 Å². The van der Waals surface area contributed by atoms with E-state index in [4.69, 9.17) is 4.52 Å². The first-order valence-corrected chi connectivity index (χ1v) is 14.5. The third-order valence-electron chi connectivity index (χ3n) is 5.74. The van der Waals surface area contributed by atoms with Crippen molar-refractivity contribution in [2.75, 3.05) is 11.4 Å². The zero-order valence-corrected chi connectivity index (χ0v) is 20.8. The van der Waals surface area contributed by atoms with Gasteiger partial charge in [-0.1, -0.05) is 72.8 Å². The van der Waals surface area contributed by atoms with Crippen LogP contribution in [0.2, 0.25) is 0 Å². The van der Waals surface area contributed by atoms with Crippen molar-refractivity contribution in [3.63, 3.8) is 0 Å². The van der Waals surface area contributed by atoms with E-state index in [2.05, 4.69) is 4.72 Å². The first-order valence-electron chi connectivity index (χ1n) is 11.0. The highest BCUT2D eigenvalue weighted by Gasteiger charge is 2.24. The Hall–Kier alpha value is -3.84. The molecule has 0 saturated carbocycles. The van der Waals surface area contributed by atoms with E-state index in [1.165, 1.54) is 18.2 Å². The number of fused-ring (bicyclic) bond motifs is 2. The molecule has 36 heavy (non-hydrogen) atoms. The maximum Gasteiger partial charge on any atom is 0.373 e. The fourth-order valence-electron chi connectivity index (χ4n) is 4.23. The number of benzene rings is 5. The van der Waals surface area contributed by atoms with Gasteiger partial charge in [-0.25, -0.2) is 13.0 Å². The van der Waals surface area contributed by atoms with E-state index in [0.717, 1.165) is 12.1 Å². The Morgan fingerprint density at radius 2 is 1.42 bits per heavy atom. The van der Waals surface area contributed by atoms with Gasteiger partial charge in [0.15, 0.2) is 0 Å². The fraction of sp³-hybridized carbons (Fsp3) is 0.0370. The minimum atomic E-state index is -3.95. The average molecular weight is 520 g/mol. The number of rotatable bonds is 6. The van der Waals surface area contributed by atoms with Crippen molar-refractivity contribution >= 4 is 44.9 Å². The van der Waals surface area contributed by atoms with Gasteiger partial charge in [0.05, 0.1) is 10.6 Å². The second kappa shape index (κ2) is 8.99. The molecule has 182 valence electrons. The number of nitrogens with one attached hydrogen (secondary N) is 1. The molecule has 0 aliphatic rings. The van der Waals surface area contributed by atoms with E-state index in [0.29, 0.717) is 21.7 Å². The molecule has 5 aromatic carbocycles. The molecule has 3 N–H and O–H groups in total. The van der Waals surface area contributed by atoms with E-state index >= 15 is 0 Å². The molecule has 7 nitrogen and oxygen atoms in total. The molecular formula is C27H22NO6PS. The monoisotopic (exact) mass is 519 g/mol. The van der Waals surface area contributed by atoms with Crippen LogP contribution in [0.3, 0.4) is 0 Å². The van der Waals surface area contributed by atoms with Crippen molar-refractivity contribution in [3.8, 4) is 22.6 Å². The lowest BCUT2D eigenvalue weighted by atomic mass is 9.93. The zero-order chi connectivity index (χ0) is 25.5. The molecule has 1 unspecified atom stereocenters. The Morgan fingerprint density at radius 1 is 0.806 bits per heavy atom. The van der Waals surface area contributed by atoms with Crippen LogP contribution in [-0.2, 0) is 14.6 Å². The molecule has 9 heteroatoms. The smallest absolute Gasteiger partial charge is 0.373 e. The SMILES string of the molecule is CP(=O)(O)Oc1ccc2ccccc2c1-c1cc(NS(=O)(=O)c2ccccc2)c2ccccc2c1O. The first-order chi connectivity index (χ1) is 17.1. The van der Waals surface area contributed by atoms with Crippen molar-refractivity contribution in [1.29, 1.82) is 0 Å². The van der Waals surface area contributed by atoms with Crippen LogP contribution >= 0.6 is 7.60 Å². The number of phenols is 1. The molecule has 0 spiro atoms. The normalized spacial score (nSPS) is 13.4. The van der Waals surface area contributed by atoms with Gasteiger partial charge in [0.25, 0.3) is 10.0 Å². The predicted molar refractivity (Wildman–Crippen MR) is 142 cm³/mol. The van der Waals surface area contributed by atoms with Gasteiger partial charge in [-0.3, -0.25) is 4.72 Å². The number of sulfonamides is 1. The highest BCUT2D eigenvalue weighted by molar-refractivity contribution is 7.92. The van der Waals surface area contributed by atoms with Crippen molar-refractivity contribution in [1.82, 2.24) is 0 Å². The highest BCUT2D eigenvalue weighted by Crippen LogP contribution is 2.50. The largest absolute Gasteiger partial charge is 0.507 e. The van der Waals surface area contributed by atoms with Crippen LogP contribution in [0.5, 0.6) is 11.5 Å². The minimum Gasteiger partial charge on any atom is -0.507 e. The molecule has 0 radical (unpaired) electrons. The van der Waals surface area contributed by atoms with Gasteiger partial charge in [-0.05, 0) is 35.0 Å². The summed E-state index contributed by atoms with van der Waals surface area (Å²) in [5, 5.41) is 13.7. The Bertz CT molecular complexity index is 1760. The maximum atomic E-state index is 13.2. The molecule has 0 fully saturated rings. The second-order valence-electron chi connectivity index (χ2n) is 8.34. The molecular weight excluding hydrogens is 497 g/mol. The fourth-order valence-corrected chi connectivity index (χ4v) is 5.84. The predicted octanol–water partition coefficient (Wildman–Crippen LogP) is 6.36. The van der Waals surface area contributed by atoms with E-state index < -0.39 is 17.6 Å². The first kappa shape index (κ1) is 23.9. The van der Waals surface area contributed by atoms with Gasteiger partial charge in [0, 0.05) is 28.6 Å². The molecule has 0 saturated heterocycles. The number of aromatic hydroxyl groups is 1. The Kier molecular flexibility index (Phi) is 5.96. The Balaban J connectivity index is 1.81. The maximum absolute atomic E-state index is 13.2. The molecule has 5 rings (SSSR count). The third-order valence-corrected chi connectivity index (χ3v) is 7.66. The Labute approximate surface area is 208 Å². The standard InChI is InChI=1S/C27H22NO6PS/c1-35(30,31)34-25-16-15-18-9-5-6-12-20(18)26(25)23-17-24(21-13-7-8-14-22(21)27(23)29)28-36(32,33)19-10-3-2-4-11-19/h2-17,28-29H,1H3,(H,30,31). The van der Waals surface area contributed by atoms with E-state index in [9.17, 15) is 23.0 Å². The average Bonchev–Trinajstić information content (AvgIpc) is 2.85. The molecule has 5 aromatic rings. The van der Waals surface area contributed by atoms with Gasteiger partial charge in [-0.2, -0.15) is 0 Å².